The average Bonchev–Trinajstić information content (AvgIpc) is 3.14. The summed E-state index contributed by atoms with van der Waals surface area (Å²) in [5.74, 6) is -0.532. The Kier molecular flexibility index (Phi) is 4.48. The van der Waals surface area contributed by atoms with E-state index in [1.54, 1.807) is 49.8 Å². The van der Waals surface area contributed by atoms with E-state index < -0.39 is 21.2 Å². The van der Waals surface area contributed by atoms with Crippen LogP contribution in [0.15, 0.2) is 47.8 Å². The van der Waals surface area contributed by atoms with Crippen LogP contribution >= 0.6 is 0 Å². The van der Waals surface area contributed by atoms with Gasteiger partial charge in [-0.3, -0.25) is 9.79 Å². The number of carbonyl (C=O) groups is 1. The van der Waals surface area contributed by atoms with Crippen molar-refractivity contribution in [3.8, 4) is 0 Å². The highest BCUT2D eigenvalue weighted by molar-refractivity contribution is 7.91. The smallest absolute Gasteiger partial charge is 0.283 e. The number of benzene rings is 1. The molecule has 0 saturated carbocycles. The van der Waals surface area contributed by atoms with Crippen molar-refractivity contribution < 1.29 is 13.2 Å². The number of aromatic nitrogens is 2. The van der Waals surface area contributed by atoms with E-state index >= 15 is 0 Å². The van der Waals surface area contributed by atoms with Crippen LogP contribution < -0.4 is 0 Å². The molecular weight excluding hydrogens is 328 g/mol. The Morgan fingerprint density at radius 2 is 2.04 bits per heavy atom. The normalized spacial score (nSPS) is 21.5. The lowest BCUT2D eigenvalue weighted by molar-refractivity contribution is -0.119. The van der Waals surface area contributed by atoms with Crippen LogP contribution in [0.3, 0.4) is 0 Å². The molecule has 0 aliphatic carbocycles. The van der Waals surface area contributed by atoms with Crippen molar-refractivity contribution in [1.29, 1.82) is 0 Å². The van der Waals surface area contributed by atoms with Gasteiger partial charge in [0.05, 0.1) is 6.33 Å². The number of nitrogens with zero attached hydrogens (tertiary/aromatic N) is 3. The third-order valence-electron chi connectivity index (χ3n) is 3.91. The summed E-state index contributed by atoms with van der Waals surface area (Å²) in [6.07, 6.45) is 3.81. The van der Waals surface area contributed by atoms with E-state index in [2.05, 4.69) is 15.0 Å². The Balaban J connectivity index is 1.96. The van der Waals surface area contributed by atoms with Crippen LogP contribution in [0, 0.1) is 0 Å². The predicted molar refractivity (Wildman–Crippen MR) is 90.1 cm³/mol. The number of aromatic amines is 1. The number of hydrogen-bond acceptors (Lipinski definition) is 5. The Morgan fingerprint density at radius 1 is 1.29 bits per heavy atom. The molecule has 0 radical (unpaired) electrons. The van der Waals surface area contributed by atoms with Gasteiger partial charge >= 0.3 is 0 Å². The Hall–Kier alpha value is -2.48. The van der Waals surface area contributed by atoms with Crippen LogP contribution in [0.1, 0.15) is 23.4 Å². The predicted octanol–water partition coefficient (Wildman–Crippen LogP) is 1.33. The molecule has 126 valence electrons. The highest BCUT2D eigenvalue weighted by atomic mass is 32.2. The van der Waals surface area contributed by atoms with Crippen LogP contribution in [0.25, 0.3) is 0 Å². The molecule has 1 saturated heterocycles. The molecule has 1 aliphatic heterocycles. The minimum Gasteiger partial charge on any atom is -0.348 e. The second-order valence-corrected chi connectivity index (χ2v) is 7.34. The lowest BCUT2D eigenvalue weighted by Gasteiger charge is -2.14. The molecule has 1 N–H and O–H groups in total. The Labute approximate surface area is 140 Å². The topological polar surface area (TPSA) is 95.5 Å². The highest BCUT2D eigenvalue weighted by Crippen LogP contribution is 2.34. The van der Waals surface area contributed by atoms with Crippen LogP contribution in [0.5, 0.6) is 0 Å². The first-order valence-corrected chi connectivity index (χ1v) is 9.18. The summed E-state index contributed by atoms with van der Waals surface area (Å²) in [5, 5.41) is -1.03. The highest BCUT2D eigenvalue weighted by Gasteiger charge is 2.49. The first kappa shape index (κ1) is 16.4. The third kappa shape index (κ3) is 2.84. The number of H-pyrrole nitrogens is 1. The zero-order valence-electron chi connectivity index (χ0n) is 13.2. The number of imidazole rings is 1. The molecule has 1 unspecified atom stereocenters. The maximum Gasteiger partial charge on any atom is 0.283 e. The van der Waals surface area contributed by atoms with Gasteiger partial charge in [-0.15, -0.1) is 0 Å². The number of sulfonamides is 1. The van der Waals surface area contributed by atoms with Gasteiger partial charge < -0.3 is 4.98 Å². The summed E-state index contributed by atoms with van der Waals surface area (Å²) in [6.45, 7) is 2.06. The minimum atomic E-state index is -3.78. The molecule has 3 rings (SSSR count). The molecule has 2 heterocycles. The number of carbonyl (C=O) groups excluding carboxylic acids is 1. The number of nitrogens with one attached hydrogen (secondary N) is 1. The van der Waals surface area contributed by atoms with E-state index in [0.29, 0.717) is 18.5 Å². The molecule has 1 fully saturated rings. The average molecular weight is 346 g/mol. The van der Waals surface area contributed by atoms with Crippen molar-refractivity contribution in [2.24, 2.45) is 4.99 Å². The fourth-order valence-corrected chi connectivity index (χ4v) is 4.67. The zero-order valence-corrected chi connectivity index (χ0v) is 14.0. The molecule has 1 atom stereocenters. The van der Waals surface area contributed by atoms with Gasteiger partial charge in [-0.05, 0) is 12.5 Å². The molecule has 0 bridgehead atoms. The summed E-state index contributed by atoms with van der Waals surface area (Å²) < 4.78 is 26.4. The van der Waals surface area contributed by atoms with Gasteiger partial charge in [-0.2, -0.15) is 0 Å². The Bertz CT molecular complexity index is 845. The molecule has 1 amide bonds. The quantitative estimate of drug-likeness (QED) is 0.883. The van der Waals surface area contributed by atoms with Crippen LogP contribution in [0.4, 0.5) is 0 Å². The molecule has 2 aromatic rings. The van der Waals surface area contributed by atoms with E-state index in [-0.39, 0.29) is 12.3 Å². The van der Waals surface area contributed by atoms with Crippen molar-refractivity contribution in [3.63, 3.8) is 0 Å². The first-order valence-electron chi connectivity index (χ1n) is 7.68. The van der Waals surface area contributed by atoms with Gasteiger partial charge in [-0.1, -0.05) is 30.3 Å². The maximum atomic E-state index is 12.7. The van der Waals surface area contributed by atoms with Gasteiger partial charge in [0.15, 0.2) is 5.25 Å². The van der Waals surface area contributed by atoms with E-state index in [9.17, 15) is 13.2 Å². The fourth-order valence-electron chi connectivity index (χ4n) is 2.77. The summed E-state index contributed by atoms with van der Waals surface area (Å²) in [6, 6.07) is 8.73. The number of aliphatic imine (C=N–C) groups is 1. The summed E-state index contributed by atoms with van der Waals surface area (Å²) in [4.78, 5) is 23.7. The lowest BCUT2D eigenvalue weighted by Crippen LogP contribution is -2.30. The monoisotopic (exact) mass is 346 g/mol. The second-order valence-electron chi connectivity index (χ2n) is 5.40. The first-order chi connectivity index (χ1) is 11.6. The van der Waals surface area contributed by atoms with Gasteiger partial charge in [0.1, 0.15) is 5.71 Å². The standard InChI is InChI=1S/C16H18N4O3S/c1-2-20-16(21)14(18-9-8-13-10-17-11-19-13)15(24(20,22)23)12-6-4-3-5-7-12/h3-7,10-11,15H,2,8-9H2,1H3,(H,17,19). The largest absolute Gasteiger partial charge is 0.348 e. The lowest BCUT2D eigenvalue weighted by atomic mass is 10.1. The van der Waals surface area contributed by atoms with Gasteiger partial charge in [0, 0.05) is 31.4 Å². The van der Waals surface area contributed by atoms with Crippen molar-refractivity contribution in [2.45, 2.75) is 18.6 Å². The van der Waals surface area contributed by atoms with Crippen molar-refractivity contribution in [3.05, 3.63) is 54.1 Å². The van der Waals surface area contributed by atoms with Gasteiger partial charge in [0.25, 0.3) is 15.9 Å². The number of amides is 1. The second kappa shape index (κ2) is 6.56. The fraction of sp³-hybridized carbons (Fsp3) is 0.312. The minimum absolute atomic E-state index is 0.0857. The molecule has 24 heavy (non-hydrogen) atoms. The van der Waals surface area contributed by atoms with Gasteiger partial charge in [0.2, 0.25) is 0 Å². The molecule has 8 heteroatoms. The Morgan fingerprint density at radius 3 is 2.67 bits per heavy atom. The van der Waals surface area contributed by atoms with E-state index in [1.807, 2.05) is 0 Å². The summed E-state index contributed by atoms with van der Waals surface area (Å²) in [7, 11) is -3.78. The van der Waals surface area contributed by atoms with Crippen LogP contribution in [-0.4, -0.2) is 47.4 Å². The molecule has 1 aliphatic rings. The summed E-state index contributed by atoms with van der Waals surface area (Å²) in [5.41, 5.74) is 1.53. The molecule has 1 aromatic heterocycles. The number of hydrogen-bond donors (Lipinski definition) is 1. The molecule has 1 aromatic carbocycles. The van der Waals surface area contributed by atoms with Crippen molar-refractivity contribution in [1.82, 2.24) is 14.3 Å². The SMILES string of the molecule is CCN1C(=O)C(=NCCc2cnc[nH]2)C(c2ccccc2)S1(=O)=O. The maximum absolute atomic E-state index is 12.7. The van der Waals surface area contributed by atoms with E-state index in [1.165, 1.54) is 0 Å². The number of rotatable bonds is 5. The van der Waals surface area contributed by atoms with E-state index in [0.717, 1.165) is 10.00 Å². The van der Waals surface area contributed by atoms with Crippen molar-refractivity contribution >= 4 is 21.6 Å². The van der Waals surface area contributed by atoms with Gasteiger partial charge in [-0.25, -0.2) is 17.7 Å². The van der Waals surface area contributed by atoms with Crippen molar-refractivity contribution in [2.75, 3.05) is 13.1 Å². The summed E-state index contributed by atoms with van der Waals surface area (Å²) >= 11 is 0. The molecular formula is C16H18N4O3S. The zero-order chi connectivity index (χ0) is 17.2. The van der Waals surface area contributed by atoms with E-state index in [4.69, 9.17) is 0 Å². The molecule has 7 nitrogen and oxygen atoms in total. The van der Waals surface area contributed by atoms with Crippen LogP contribution in [-0.2, 0) is 21.2 Å². The van der Waals surface area contributed by atoms with Crippen LogP contribution in [0.2, 0.25) is 0 Å². The molecule has 0 spiro atoms. The third-order valence-corrected chi connectivity index (χ3v) is 6.04.